The van der Waals surface area contributed by atoms with Crippen LogP contribution in [0.2, 0.25) is 0 Å². The molecular formula is C16H21ClN2OS. The molecule has 0 aliphatic carbocycles. The minimum absolute atomic E-state index is 0. The first kappa shape index (κ1) is 17.5. The van der Waals surface area contributed by atoms with Crippen LogP contribution in [0, 0.1) is 20.8 Å². The molecule has 0 fully saturated rings. The Labute approximate surface area is 136 Å². The van der Waals surface area contributed by atoms with E-state index in [1.807, 2.05) is 26.0 Å². The van der Waals surface area contributed by atoms with E-state index in [9.17, 15) is 4.79 Å². The third-order valence-electron chi connectivity index (χ3n) is 3.40. The summed E-state index contributed by atoms with van der Waals surface area (Å²) in [5.74, 6) is -0.0782. The summed E-state index contributed by atoms with van der Waals surface area (Å²) in [6.45, 7) is 8.09. The summed E-state index contributed by atoms with van der Waals surface area (Å²) in [5.41, 5.74) is 9.12. The number of thiophene rings is 1. The summed E-state index contributed by atoms with van der Waals surface area (Å²) in [6.07, 6.45) is 0. The van der Waals surface area contributed by atoms with Gasteiger partial charge in [-0.2, -0.15) is 0 Å². The molecule has 0 aliphatic heterocycles. The van der Waals surface area contributed by atoms with Crippen LogP contribution in [-0.4, -0.2) is 5.91 Å². The molecule has 2 rings (SSSR count). The number of hydrogen-bond acceptors (Lipinski definition) is 3. The smallest absolute Gasteiger partial charge is 0.252 e. The number of halogens is 1. The number of rotatable bonds is 3. The van der Waals surface area contributed by atoms with E-state index in [1.54, 1.807) is 17.4 Å². The second kappa shape index (κ2) is 6.96. The van der Waals surface area contributed by atoms with Gasteiger partial charge in [0.1, 0.15) is 0 Å². The van der Waals surface area contributed by atoms with Gasteiger partial charge in [-0.3, -0.25) is 4.79 Å². The van der Waals surface area contributed by atoms with Gasteiger partial charge in [0.2, 0.25) is 0 Å². The van der Waals surface area contributed by atoms with E-state index in [0.29, 0.717) is 11.3 Å². The van der Waals surface area contributed by atoms with Crippen molar-refractivity contribution in [3.05, 3.63) is 50.7 Å². The van der Waals surface area contributed by atoms with Crippen molar-refractivity contribution >= 4 is 35.3 Å². The van der Waals surface area contributed by atoms with Crippen molar-refractivity contribution in [2.24, 2.45) is 0 Å². The molecule has 1 aromatic carbocycles. The van der Waals surface area contributed by atoms with Gasteiger partial charge in [0, 0.05) is 21.0 Å². The zero-order valence-corrected chi connectivity index (χ0v) is 14.3. The highest BCUT2D eigenvalue weighted by Crippen LogP contribution is 2.26. The van der Waals surface area contributed by atoms with Crippen LogP contribution >= 0.6 is 23.7 Å². The molecule has 1 heterocycles. The topological polar surface area (TPSA) is 55.1 Å². The summed E-state index contributed by atoms with van der Waals surface area (Å²) in [7, 11) is 0. The van der Waals surface area contributed by atoms with E-state index in [-0.39, 0.29) is 24.4 Å². The number of hydrogen-bond donors (Lipinski definition) is 2. The maximum atomic E-state index is 12.4. The highest BCUT2D eigenvalue weighted by Gasteiger charge is 2.16. The van der Waals surface area contributed by atoms with Gasteiger partial charge < -0.3 is 11.1 Å². The summed E-state index contributed by atoms with van der Waals surface area (Å²) in [4.78, 5) is 14.9. The first-order valence-electron chi connectivity index (χ1n) is 6.62. The fraction of sp³-hybridized carbons (Fsp3) is 0.312. The number of aryl methyl sites for hydroxylation is 3. The van der Waals surface area contributed by atoms with Gasteiger partial charge in [0.15, 0.2) is 0 Å². The molecular weight excluding hydrogens is 304 g/mol. The van der Waals surface area contributed by atoms with Gasteiger partial charge in [0.25, 0.3) is 5.91 Å². The lowest BCUT2D eigenvalue weighted by atomic mass is 10.1. The van der Waals surface area contributed by atoms with Crippen LogP contribution in [0.1, 0.15) is 44.2 Å². The number of nitrogens with one attached hydrogen (secondary N) is 1. The predicted molar refractivity (Wildman–Crippen MR) is 92.5 cm³/mol. The number of nitrogen functional groups attached to an aromatic ring is 1. The number of amides is 1. The van der Waals surface area contributed by atoms with E-state index in [4.69, 9.17) is 5.73 Å². The summed E-state index contributed by atoms with van der Waals surface area (Å²) < 4.78 is 0. The van der Waals surface area contributed by atoms with Crippen LogP contribution in [0.15, 0.2) is 24.3 Å². The number of carbonyl (C=O) groups is 1. The maximum absolute atomic E-state index is 12.4. The minimum atomic E-state index is -0.0782. The Bertz CT molecular complexity index is 652. The standard InChI is InChI=1S/C16H20N2OS.ClH/c1-9-5-6-13(17)8-14(9)16(19)18-11(3)15-7-10(2)20-12(15)4;/h5-8,11H,17H2,1-4H3,(H,18,19);1H. The molecule has 1 atom stereocenters. The van der Waals surface area contributed by atoms with Gasteiger partial charge in [-0.1, -0.05) is 6.07 Å². The largest absolute Gasteiger partial charge is 0.399 e. The average Bonchev–Trinajstić information content (AvgIpc) is 2.71. The Balaban J connectivity index is 0.00000220. The molecule has 0 spiro atoms. The minimum Gasteiger partial charge on any atom is -0.399 e. The van der Waals surface area contributed by atoms with Crippen molar-refractivity contribution in [3.63, 3.8) is 0 Å². The Morgan fingerprint density at radius 1 is 1.24 bits per heavy atom. The van der Waals surface area contributed by atoms with E-state index in [0.717, 1.165) is 5.56 Å². The van der Waals surface area contributed by atoms with Crippen molar-refractivity contribution in [3.8, 4) is 0 Å². The summed E-state index contributed by atoms with van der Waals surface area (Å²) >= 11 is 1.75. The molecule has 1 aromatic heterocycles. The zero-order chi connectivity index (χ0) is 14.9. The van der Waals surface area contributed by atoms with Gasteiger partial charge in [0.05, 0.1) is 6.04 Å². The molecule has 3 N–H and O–H groups in total. The molecule has 21 heavy (non-hydrogen) atoms. The van der Waals surface area contributed by atoms with Gasteiger partial charge in [-0.05, 0) is 57.0 Å². The highest BCUT2D eigenvalue weighted by atomic mass is 35.5. The van der Waals surface area contributed by atoms with Crippen LogP contribution in [0.3, 0.4) is 0 Å². The fourth-order valence-corrected chi connectivity index (χ4v) is 3.34. The third kappa shape index (κ3) is 3.99. The molecule has 0 radical (unpaired) electrons. The first-order valence-corrected chi connectivity index (χ1v) is 7.44. The molecule has 1 unspecified atom stereocenters. The van der Waals surface area contributed by atoms with Crippen molar-refractivity contribution < 1.29 is 4.79 Å². The molecule has 1 amide bonds. The Morgan fingerprint density at radius 2 is 1.90 bits per heavy atom. The lowest BCUT2D eigenvalue weighted by Gasteiger charge is -2.15. The quantitative estimate of drug-likeness (QED) is 0.833. The van der Waals surface area contributed by atoms with Crippen molar-refractivity contribution in [1.82, 2.24) is 5.32 Å². The van der Waals surface area contributed by atoms with E-state index in [2.05, 4.69) is 25.2 Å². The number of anilines is 1. The number of carbonyl (C=O) groups excluding carboxylic acids is 1. The van der Waals surface area contributed by atoms with Crippen LogP contribution in [0.4, 0.5) is 5.69 Å². The zero-order valence-electron chi connectivity index (χ0n) is 12.7. The Hall–Kier alpha value is -1.52. The average molecular weight is 325 g/mol. The molecule has 3 nitrogen and oxygen atoms in total. The highest BCUT2D eigenvalue weighted by molar-refractivity contribution is 7.12. The molecule has 114 valence electrons. The molecule has 2 aromatic rings. The van der Waals surface area contributed by atoms with Crippen molar-refractivity contribution in [1.29, 1.82) is 0 Å². The number of benzene rings is 1. The summed E-state index contributed by atoms with van der Waals surface area (Å²) in [5, 5.41) is 3.05. The van der Waals surface area contributed by atoms with Crippen LogP contribution in [0.25, 0.3) is 0 Å². The molecule has 0 aliphatic rings. The molecule has 0 saturated carbocycles. The van der Waals surface area contributed by atoms with Gasteiger partial charge in [-0.25, -0.2) is 0 Å². The second-order valence-electron chi connectivity index (χ2n) is 5.14. The first-order chi connectivity index (χ1) is 9.38. The Kier molecular flexibility index (Phi) is 5.81. The normalized spacial score (nSPS) is 11.6. The molecule has 0 saturated heterocycles. The third-order valence-corrected chi connectivity index (χ3v) is 4.38. The van der Waals surface area contributed by atoms with Crippen LogP contribution < -0.4 is 11.1 Å². The molecule has 0 bridgehead atoms. The van der Waals surface area contributed by atoms with E-state index < -0.39 is 0 Å². The maximum Gasteiger partial charge on any atom is 0.252 e. The van der Waals surface area contributed by atoms with Gasteiger partial charge in [-0.15, -0.1) is 23.7 Å². The van der Waals surface area contributed by atoms with E-state index in [1.165, 1.54) is 15.3 Å². The fourth-order valence-electron chi connectivity index (χ4n) is 2.32. The van der Waals surface area contributed by atoms with Crippen LogP contribution in [0.5, 0.6) is 0 Å². The second-order valence-corrected chi connectivity index (χ2v) is 6.60. The summed E-state index contributed by atoms with van der Waals surface area (Å²) in [6, 6.07) is 7.53. The van der Waals surface area contributed by atoms with Crippen molar-refractivity contribution in [2.45, 2.75) is 33.7 Å². The van der Waals surface area contributed by atoms with Crippen molar-refractivity contribution in [2.75, 3.05) is 5.73 Å². The SMILES string of the molecule is Cc1cc(C(C)NC(=O)c2cc(N)ccc2C)c(C)s1.Cl. The van der Waals surface area contributed by atoms with E-state index >= 15 is 0 Å². The van der Waals surface area contributed by atoms with Crippen LogP contribution in [-0.2, 0) is 0 Å². The molecule has 5 heteroatoms. The Morgan fingerprint density at radius 3 is 2.48 bits per heavy atom. The predicted octanol–water partition coefficient (Wildman–Crippen LogP) is 4.17. The lowest BCUT2D eigenvalue weighted by molar-refractivity contribution is 0.0939. The number of nitrogens with two attached hydrogens (primary N) is 1. The van der Waals surface area contributed by atoms with Gasteiger partial charge >= 0.3 is 0 Å². The lowest BCUT2D eigenvalue weighted by Crippen LogP contribution is -2.27. The monoisotopic (exact) mass is 324 g/mol.